The zero-order valence-corrected chi connectivity index (χ0v) is 11.2. The summed E-state index contributed by atoms with van der Waals surface area (Å²) < 4.78 is 1.02. The molecule has 0 spiro atoms. The van der Waals surface area contributed by atoms with Crippen molar-refractivity contribution in [3.63, 3.8) is 0 Å². The molecule has 1 aromatic rings. The van der Waals surface area contributed by atoms with Gasteiger partial charge >= 0.3 is 0 Å². The van der Waals surface area contributed by atoms with Crippen LogP contribution in [0.2, 0.25) is 5.02 Å². The average Bonchev–Trinajstić information content (AvgIpc) is 2.09. The van der Waals surface area contributed by atoms with Crippen molar-refractivity contribution >= 4 is 27.5 Å². The van der Waals surface area contributed by atoms with Crippen molar-refractivity contribution in [3.8, 4) is 0 Å². The largest absolute Gasteiger partial charge is 0.389 e. The fraction of sp³-hybridized carbons (Fsp3) is 0.455. The van der Waals surface area contributed by atoms with Gasteiger partial charge in [0.2, 0.25) is 0 Å². The summed E-state index contributed by atoms with van der Waals surface area (Å²) in [4.78, 5) is 0. The molecule has 1 aromatic carbocycles. The maximum atomic E-state index is 9.52. The molecular weight excluding hydrogens is 277 g/mol. The Hall–Kier alpha value is -0.0900. The van der Waals surface area contributed by atoms with Gasteiger partial charge in [-0.15, -0.1) is 0 Å². The summed E-state index contributed by atoms with van der Waals surface area (Å²) in [6.07, 6.45) is 0. The number of nitrogens with one attached hydrogen (secondary N) is 1. The molecule has 2 nitrogen and oxygen atoms in total. The van der Waals surface area contributed by atoms with Crippen LogP contribution < -0.4 is 5.32 Å². The van der Waals surface area contributed by atoms with Crippen LogP contribution >= 0.6 is 27.5 Å². The summed E-state index contributed by atoms with van der Waals surface area (Å²) in [6.45, 7) is 4.77. The van der Waals surface area contributed by atoms with E-state index in [4.69, 9.17) is 11.6 Å². The van der Waals surface area contributed by atoms with E-state index in [0.717, 1.165) is 15.1 Å². The van der Waals surface area contributed by atoms with Gasteiger partial charge in [-0.2, -0.15) is 0 Å². The molecular formula is C11H15BrClNO. The van der Waals surface area contributed by atoms with E-state index >= 15 is 0 Å². The van der Waals surface area contributed by atoms with Crippen LogP contribution in [0, 0.1) is 0 Å². The number of halogens is 2. The molecule has 0 aromatic heterocycles. The van der Waals surface area contributed by atoms with E-state index in [1.54, 1.807) is 13.8 Å². The smallest absolute Gasteiger partial charge is 0.0715 e. The number of hydrogen-bond acceptors (Lipinski definition) is 2. The Morgan fingerprint density at radius 2 is 2.13 bits per heavy atom. The van der Waals surface area contributed by atoms with Crippen LogP contribution in [-0.4, -0.2) is 17.3 Å². The maximum Gasteiger partial charge on any atom is 0.0715 e. The Balaban J connectivity index is 2.54. The number of benzene rings is 1. The second-order valence-corrected chi connectivity index (χ2v) is 5.44. The average molecular weight is 293 g/mol. The van der Waals surface area contributed by atoms with E-state index in [2.05, 4.69) is 21.2 Å². The Morgan fingerprint density at radius 3 is 2.73 bits per heavy atom. The third kappa shape index (κ3) is 4.98. The molecule has 15 heavy (non-hydrogen) atoms. The van der Waals surface area contributed by atoms with Crippen molar-refractivity contribution in [2.45, 2.75) is 26.0 Å². The van der Waals surface area contributed by atoms with Crippen LogP contribution in [0.3, 0.4) is 0 Å². The molecule has 4 heteroatoms. The fourth-order valence-corrected chi connectivity index (χ4v) is 1.76. The monoisotopic (exact) mass is 291 g/mol. The summed E-state index contributed by atoms with van der Waals surface area (Å²) >= 11 is 9.34. The molecule has 0 fully saturated rings. The molecule has 0 unspecified atom stereocenters. The molecule has 0 aliphatic rings. The van der Waals surface area contributed by atoms with Crippen LogP contribution in [0.15, 0.2) is 22.7 Å². The topological polar surface area (TPSA) is 32.3 Å². The van der Waals surface area contributed by atoms with Crippen molar-refractivity contribution in [1.29, 1.82) is 0 Å². The number of rotatable bonds is 4. The third-order valence-electron chi connectivity index (χ3n) is 1.88. The van der Waals surface area contributed by atoms with Gasteiger partial charge < -0.3 is 10.4 Å². The summed E-state index contributed by atoms with van der Waals surface area (Å²) in [7, 11) is 0. The van der Waals surface area contributed by atoms with Crippen molar-refractivity contribution < 1.29 is 5.11 Å². The van der Waals surface area contributed by atoms with Crippen molar-refractivity contribution in [1.82, 2.24) is 5.32 Å². The Labute approximate surface area is 104 Å². The highest BCUT2D eigenvalue weighted by Gasteiger charge is 2.11. The van der Waals surface area contributed by atoms with E-state index in [9.17, 15) is 5.11 Å². The predicted octanol–water partition coefficient (Wildman–Crippen LogP) is 2.96. The van der Waals surface area contributed by atoms with Crippen molar-refractivity contribution in [2.75, 3.05) is 6.54 Å². The minimum Gasteiger partial charge on any atom is -0.389 e. The zero-order valence-electron chi connectivity index (χ0n) is 8.85. The lowest BCUT2D eigenvalue weighted by atomic mass is 10.1. The molecule has 84 valence electrons. The van der Waals surface area contributed by atoms with Gasteiger partial charge in [0, 0.05) is 22.6 Å². The lowest BCUT2D eigenvalue weighted by Gasteiger charge is -2.18. The van der Waals surface area contributed by atoms with E-state index in [0.29, 0.717) is 13.1 Å². The standard InChI is InChI=1S/C11H15BrClNO/c1-11(2,15)7-14-6-8-5-9(13)3-4-10(8)12/h3-5,14-15H,6-7H2,1-2H3. The second kappa shape index (κ2) is 5.30. The molecule has 0 heterocycles. The summed E-state index contributed by atoms with van der Waals surface area (Å²) in [5, 5.41) is 13.4. The second-order valence-electron chi connectivity index (χ2n) is 4.15. The first-order valence-corrected chi connectivity index (χ1v) is 5.92. The Kier molecular flexibility index (Phi) is 4.59. The molecule has 0 aliphatic heterocycles. The lowest BCUT2D eigenvalue weighted by molar-refractivity contribution is 0.0795. The van der Waals surface area contributed by atoms with E-state index < -0.39 is 5.60 Å². The molecule has 0 bridgehead atoms. The Bertz CT molecular complexity index is 336. The first-order valence-electron chi connectivity index (χ1n) is 4.75. The van der Waals surface area contributed by atoms with E-state index in [-0.39, 0.29) is 0 Å². The number of aliphatic hydroxyl groups is 1. The van der Waals surface area contributed by atoms with Gasteiger partial charge in [0.25, 0.3) is 0 Å². The third-order valence-corrected chi connectivity index (χ3v) is 2.89. The lowest BCUT2D eigenvalue weighted by Crippen LogP contribution is -2.34. The zero-order chi connectivity index (χ0) is 11.5. The van der Waals surface area contributed by atoms with Crippen LogP contribution in [0.5, 0.6) is 0 Å². The molecule has 0 saturated heterocycles. The molecule has 0 radical (unpaired) electrons. The Morgan fingerprint density at radius 1 is 1.47 bits per heavy atom. The highest BCUT2D eigenvalue weighted by Crippen LogP contribution is 2.20. The molecule has 0 aliphatic carbocycles. The van der Waals surface area contributed by atoms with Crippen LogP contribution in [0.1, 0.15) is 19.4 Å². The SMILES string of the molecule is CC(C)(O)CNCc1cc(Cl)ccc1Br. The molecule has 1 rings (SSSR count). The van der Waals surface area contributed by atoms with Crippen LogP contribution in [0.25, 0.3) is 0 Å². The highest BCUT2D eigenvalue weighted by atomic mass is 79.9. The summed E-state index contributed by atoms with van der Waals surface area (Å²) in [5.41, 5.74) is 0.400. The predicted molar refractivity (Wildman–Crippen MR) is 67.2 cm³/mol. The van der Waals surface area contributed by atoms with Crippen molar-refractivity contribution in [2.24, 2.45) is 0 Å². The minimum atomic E-state index is -0.689. The summed E-state index contributed by atoms with van der Waals surface area (Å²) in [6, 6.07) is 5.66. The fourth-order valence-electron chi connectivity index (χ4n) is 1.18. The van der Waals surface area contributed by atoms with E-state index in [1.807, 2.05) is 18.2 Å². The van der Waals surface area contributed by atoms with Crippen molar-refractivity contribution in [3.05, 3.63) is 33.3 Å². The normalized spacial score (nSPS) is 11.8. The van der Waals surface area contributed by atoms with Gasteiger partial charge in [0.1, 0.15) is 0 Å². The van der Waals surface area contributed by atoms with Crippen LogP contribution in [-0.2, 0) is 6.54 Å². The highest BCUT2D eigenvalue weighted by molar-refractivity contribution is 9.10. The molecule has 0 amide bonds. The van der Waals surface area contributed by atoms with Gasteiger partial charge in [-0.3, -0.25) is 0 Å². The first kappa shape index (κ1) is 13.0. The van der Waals surface area contributed by atoms with Gasteiger partial charge in [0.15, 0.2) is 0 Å². The van der Waals surface area contributed by atoms with E-state index in [1.165, 1.54) is 0 Å². The van der Waals surface area contributed by atoms with Gasteiger partial charge in [-0.05, 0) is 37.6 Å². The molecule has 0 saturated carbocycles. The minimum absolute atomic E-state index is 0.548. The van der Waals surface area contributed by atoms with Gasteiger partial charge in [-0.1, -0.05) is 27.5 Å². The van der Waals surface area contributed by atoms with Gasteiger partial charge in [-0.25, -0.2) is 0 Å². The van der Waals surface area contributed by atoms with Gasteiger partial charge in [0.05, 0.1) is 5.60 Å². The number of hydrogen-bond donors (Lipinski definition) is 2. The molecule has 2 N–H and O–H groups in total. The van der Waals surface area contributed by atoms with Crippen LogP contribution in [0.4, 0.5) is 0 Å². The quantitative estimate of drug-likeness (QED) is 0.894. The maximum absolute atomic E-state index is 9.52. The molecule has 0 atom stereocenters. The summed E-state index contributed by atoms with van der Waals surface area (Å²) in [5.74, 6) is 0. The first-order chi connectivity index (χ1) is 6.88.